The molecule has 0 amide bonds. The maximum absolute atomic E-state index is 11.5. The summed E-state index contributed by atoms with van der Waals surface area (Å²) in [6.07, 6.45) is 1.88. The molecule has 1 N–H and O–H groups in total. The van der Waals surface area contributed by atoms with Crippen LogP contribution in [0.15, 0.2) is 12.3 Å². The van der Waals surface area contributed by atoms with E-state index in [1.165, 1.54) is 0 Å². The van der Waals surface area contributed by atoms with E-state index in [-0.39, 0.29) is 11.5 Å². The molecule has 0 aromatic carbocycles. The van der Waals surface area contributed by atoms with Crippen LogP contribution in [0, 0.1) is 6.92 Å². The Morgan fingerprint density at radius 3 is 2.55 bits per heavy atom. The normalized spacial score (nSPS) is 18.5. The van der Waals surface area contributed by atoms with Crippen LogP contribution >= 0.6 is 0 Å². The van der Waals surface area contributed by atoms with E-state index in [1.54, 1.807) is 0 Å². The predicted molar refractivity (Wildman–Crippen MR) is 81.8 cm³/mol. The van der Waals surface area contributed by atoms with Gasteiger partial charge in [-0.1, -0.05) is 13.8 Å². The van der Waals surface area contributed by atoms with Crippen LogP contribution in [0.2, 0.25) is 0 Å². The summed E-state index contributed by atoms with van der Waals surface area (Å²) in [6, 6.07) is 2.57. The number of hydrogen-bond donors (Lipinski definition) is 1. The van der Waals surface area contributed by atoms with Gasteiger partial charge in [0.05, 0.1) is 11.5 Å². The van der Waals surface area contributed by atoms with Gasteiger partial charge >= 0.3 is 0 Å². The molecule has 0 bridgehead atoms. The average Bonchev–Trinajstić information content (AvgIpc) is 2.37. The van der Waals surface area contributed by atoms with Crippen molar-refractivity contribution in [1.29, 1.82) is 0 Å². The number of aromatic nitrogens is 1. The number of anilines is 1. The van der Waals surface area contributed by atoms with Gasteiger partial charge in [-0.05, 0) is 24.1 Å². The highest BCUT2D eigenvalue weighted by Gasteiger charge is 2.23. The molecule has 1 aliphatic heterocycles. The Morgan fingerprint density at radius 1 is 1.35 bits per heavy atom. The summed E-state index contributed by atoms with van der Waals surface area (Å²) in [6.45, 7) is 8.15. The maximum Gasteiger partial charge on any atom is 0.153 e. The van der Waals surface area contributed by atoms with Crippen molar-refractivity contribution in [2.24, 2.45) is 0 Å². The number of aryl methyl sites for hydroxylation is 1. The topological polar surface area (TPSA) is 62.3 Å². The molecule has 6 heteroatoms. The van der Waals surface area contributed by atoms with Crippen LogP contribution in [0.25, 0.3) is 0 Å². The first-order valence-electron chi connectivity index (χ1n) is 7.02. The van der Waals surface area contributed by atoms with Gasteiger partial charge in [0, 0.05) is 31.9 Å². The smallest absolute Gasteiger partial charge is 0.153 e. The average molecular weight is 297 g/mol. The Morgan fingerprint density at radius 2 is 2.00 bits per heavy atom. The zero-order valence-electron chi connectivity index (χ0n) is 12.4. The van der Waals surface area contributed by atoms with Crippen molar-refractivity contribution in [3.8, 4) is 0 Å². The van der Waals surface area contributed by atoms with E-state index in [0.29, 0.717) is 19.1 Å². The second kappa shape index (κ2) is 6.10. The van der Waals surface area contributed by atoms with Crippen molar-refractivity contribution in [2.75, 3.05) is 29.5 Å². The summed E-state index contributed by atoms with van der Waals surface area (Å²) in [5.74, 6) is 1.36. The van der Waals surface area contributed by atoms with E-state index in [0.717, 1.165) is 23.5 Å². The Bertz CT molecular complexity index is 556. The molecular formula is C14H23N3O2S. The zero-order valence-corrected chi connectivity index (χ0v) is 13.2. The van der Waals surface area contributed by atoms with Gasteiger partial charge < -0.3 is 10.2 Å². The highest BCUT2D eigenvalue weighted by atomic mass is 32.2. The van der Waals surface area contributed by atoms with Gasteiger partial charge in [-0.15, -0.1) is 0 Å². The molecule has 0 saturated carbocycles. The maximum atomic E-state index is 11.5. The van der Waals surface area contributed by atoms with Crippen LogP contribution in [-0.4, -0.2) is 44.0 Å². The minimum absolute atomic E-state index is 0.227. The second-order valence-corrected chi connectivity index (χ2v) is 7.96. The zero-order chi connectivity index (χ0) is 14.8. The van der Waals surface area contributed by atoms with E-state index >= 15 is 0 Å². The number of nitrogens with zero attached hydrogens (tertiary/aromatic N) is 2. The molecule has 1 aromatic rings. The molecule has 5 nitrogen and oxygen atoms in total. The lowest BCUT2D eigenvalue weighted by Crippen LogP contribution is -2.41. The molecule has 1 aliphatic rings. The SMILES string of the molecule is Cc1cc(CNC(C)C)cnc1N1CCS(=O)(=O)CC1. The van der Waals surface area contributed by atoms with E-state index in [1.807, 2.05) is 13.1 Å². The molecule has 1 saturated heterocycles. The molecule has 0 unspecified atom stereocenters. The molecule has 112 valence electrons. The fraction of sp³-hybridized carbons (Fsp3) is 0.643. The third kappa shape index (κ3) is 3.93. The number of hydrogen-bond acceptors (Lipinski definition) is 5. The number of rotatable bonds is 4. The Hall–Kier alpha value is -1.14. The summed E-state index contributed by atoms with van der Waals surface area (Å²) in [5.41, 5.74) is 2.26. The minimum atomic E-state index is -2.84. The van der Waals surface area contributed by atoms with Crippen LogP contribution in [0.1, 0.15) is 25.0 Å². The largest absolute Gasteiger partial charge is 0.354 e. The number of nitrogens with one attached hydrogen (secondary N) is 1. The van der Waals surface area contributed by atoms with Crippen LogP contribution in [0.3, 0.4) is 0 Å². The molecule has 2 rings (SSSR count). The van der Waals surface area contributed by atoms with Gasteiger partial charge in [0.2, 0.25) is 0 Å². The fourth-order valence-electron chi connectivity index (χ4n) is 2.30. The summed E-state index contributed by atoms with van der Waals surface area (Å²) < 4.78 is 22.9. The Kier molecular flexibility index (Phi) is 4.65. The molecular weight excluding hydrogens is 274 g/mol. The minimum Gasteiger partial charge on any atom is -0.354 e. The third-order valence-corrected chi connectivity index (χ3v) is 5.07. The molecule has 1 fully saturated rings. The van der Waals surface area contributed by atoms with Gasteiger partial charge in [0.15, 0.2) is 9.84 Å². The van der Waals surface area contributed by atoms with Gasteiger partial charge in [0.25, 0.3) is 0 Å². The standard InChI is InChI=1S/C14H23N3O2S/c1-11(2)15-9-13-8-12(3)14(16-10-13)17-4-6-20(18,19)7-5-17/h8,10-11,15H,4-7,9H2,1-3H3. The van der Waals surface area contributed by atoms with Gasteiger partial charge in [0.1, 0.15) is 5.82 Å². The van der Waals surface area contributed by atoms with E-state index in [9.17, 15) is 8.42 Å². The van der Waals surface area contributed by atoms with Crippen molar-refractivity contribution in [3.63, 3.8) is 0 Å². The van der Waals surface area contributed by atoms with Crippen LogP contribution in [0.5, 0.6) is 0 Å². The highest BCUT2D eigenvalue weighted by Crippen LogP contribution is 2.20. The second-order valence-electron chi connectivity index (χ2n) is 5.66. The first-order chi connectivity index (χ1) is 9.37. The predicted octanol–water partition coefficient (Wildman–Crippen LogP) is 1.12. The van der Waals surface area contributed by atoms with Gasteiger partial charge in [-0.25, -0.2) is 13.4 Å². The van der Waals surface area contributed by atoms with Crippen molar-refractivity contribution in [3.05, 3.63) is 23.4 Å². The molecule has 2 heterocycles. The molecule has 20 heavy (non-hydrogen) atoms. The van der Waals surface area contributed by atoms with Crippen LogP contribution in [-0.2, 0) is 16.4 Å². The molecule has 0 radical (unpaired) electrons. The van der Waals surface area contributed by atoms with Crippen molar-refractivity contribution >= 4 is 15.7 Å². The van der Waals surface area contributed by atoms with E-state index < -0.39 is 9.84 Å². The Balaban J connectivity index is 2.06. The van der Waals surface area contributed by atoms with Gasteiger partial charge in [-0.3, -0.25) is 0 Å². The van der Waals surface area contributed by atoms with Gasteiger partial charge in [-0.2, -0.15) is 0 Å². The summed E-state index contributed by atoms with van der Waals surface area (Å²) in [5, 5.41) is 3.37. The van der Waals surface area contributed by atoms with E-state index in [4.69, 9.17) is 0 Å². The summed E-state index contributed by atoms with van der Waals surface area (Å²) in [4.78, 5) is 6.58. The molecule has 0 spiro atoms. The van der Waals surface area contributed by atoms with Crippen LogP contribution < -0.4 is 10.2 Å². The quantitative estimate of drug-likeness (QED) is 0.902. The number of sulfone groups is 1. The molecule has 1 aromatic heterocycles. The fourth-order valence-corrected chi connectivity index (χ4v) is 3.50. The number of pyridine rings is 1. The monoisotopic (exact) mass is 297 g/mol. The third-order valence-electron chi connectivity index (χ3n) is 3.47. The molecule has 0 aliphatic carbocycles. The summed E-state index contributed by atoms with van der Waals surface area (Å²) >= 11 is 0. The lowest BCUT2D eigenvalue weighted by atomic mass is 10.2. The lowest BCUT2D eigenvalue weighted by Gasteiger charge is -2.29. The van der Waals surface area contributed by atoms with Crippen LogP contribution in [0.4, 0.5) is 5.82 Å². The summed E-state index contributed by atoms with van der Waals surface area (Å²) in [7, 11) is -2.84. The first-order valence-corrected chi connectivity index (χ1v) is 8.84. The molecule has 0 atom stereocenters. The first kappa shape index (κ1) is 15.3. The van der Waals surface area contributed by atoms with Crippen molar-refractivity contribution < 1.29 is 8.42 Å². The van der Waals surface area contributed by atoms with E-state index in [2.05, 4.69) is 35.1 Å². The van der Waals surface area contributed by atoms with Crippen molar-refractivity contribution in [2.45, 2.75) is 33.4 Å². The Labute approximate surface area is 121 Å². The lowest BCUT2D eigenvalue weighted by molar-refractivity contribution is 0.585. The van der Waals surface area contributed by atoms with Crippen molar-refractivity contribution in [1.82, 2.24) is 10.3 Å². The highest BCUT2D eigenvalue weighted by molar-refractivity contribution is 7.91.